The molecule has 0 radical (unpaired) electrons. The van der Waals surface area contributed by atoms with Crippen molar-refractivity contribution in [3.63, 3.8) is 0 Å². The maximum absolute atomic E-state index is 5.67. The van der Waals surface area contributed by atoms with E-state index in [1.54, 1.807) is 18.0 Å². The number of nitrogens with zero attached hydrogens (tertiary/aromatic N) is 5. The average Bonchev–Trinajstić information content (AvgIpc) is 2.92. The van der Waals surface area contributed by atoms with E-state index in [1.807, 2.05) is 16.9 Å². The first kappa shape index (κ1) is 10.8. The van der Waals surface area contributed by atoms with Crippen molar-refractivity contribution in [3.05, 3.63) is 24.3 Å². The van der Waals surface area contributed by atoms with Crippen molar-refractivity contribution in [2.75, 3.05) is 0 Å². The summed E-state index contributed by atoms with van der Waals surface area (Å²) in [7, 11) is 0. The Morgan fingerprint density at radius 2 is 2.29 bits per heavy atom. The van der Waals surface area contributed by atoms with Crippen LogP contribution in [0.25, 0.3) is 0 Å². The Morgan fingerprint density at radius 1 is 1.41 bits per heavy atom. The molecule has 2 heterocycles. The summed E-state index contributed by atoms with van der Waals surface area (Å²) in [4.78, 5) is 0. The highest BCUT2D eigenvalue weighted by Gasteiger charge is 2.29. The van der Waals surface area contributed by atoms with Crippen LogP contribution in [-0.2, 0) is 12.4 Å². The third kappa shape index (κ3) is 2.20. The first-order valence-corrected chi connectivity index (χ1v) is 6.61. The highest BCUT2D eigenvalue weighted by Crippen LogP contribution is 2.38. The molecule has 1 aliphatic rings. The number of hydrogen-bond donors (Lipinski definition) is 1. The van der Waals surface area contributed by atoms with Gasteiger partial charge in [0.25, 0.3) is 0 Å². The van der Waals surface area contributed by atoms with Crippen LogP contribution in [0.15, 0.2) is 23.6 Å². The fourth-order valence-electron chi connectivity index (χ4n) is 1.75. The van der Waals surface area contributed by atoms with E-state index in [2.05, 4.69) is 19.9 Å². The van der Waals surface area contributed by atoms with Crippen molar-refractivity contribution >= 4 is 11.8 Å². The van der Waals surface area contributed by atoms with Crippen LogP contribution in [0.1, 0.15) is 24.7 Å². The van der Waals surface area contributed by atoms with E-state index in [0.29, 0.717) is 12.6 Å². The third-order valence-electron chi connectivity index (χ3n) is 2.71. The van der Waals surface area contributed by atoms with Gasteiger partial charge in [-0.3, -0.25) is 4.68 Å². The second-order valence-electron chi connectivity index (χ2n) is 4.02. The molecule has 17 heavy (non-hydrogen) atoms. The molecule has 7 heteroatoms. The molecule has 1 fully saturated rings. The van der Waals surface area contributed by atoms with Crippen LogP contribution in [0.4, 0.5) is 0 Å². The van der Waals surface area contributed by atoms with Crippen molar-refractivity contribution in [2.45, 2.75) is 36.5 Å². The maximum Gasteiger partial charge on any atom is 0.193 e. The van der Waals surface area contributed by atoms with E-state index in [4.69, 9.17) is 5.73 Å². The summed E-state index contributed by atoms with van der Waals surface area (Å²) in [5.74, 6) is 1.64. The van der Waals surface area contributed by atoms with Crippen LogP contribution in [0.3, 0.4) is 0 Å². The molecule has 90 valence electrons. The maximum atomic E-state index is 5.67. The van der Waals surface area contributed by atoms with Gasteiger partial charge in [0.15, 0.2) is 5.16 Å². The summed E-state index contributed by atoms with van der Waals surface area (Å²) in [5, 5.41) is 13.4. The topological polar surface area (TPSA) is 74.6 Å². The Kier molecular flexibility index (Phi) is 2.86. The molecule has 2 aromatic rings. The predicted molar refractivity (Wildman–Crippen MR) is 64.3 cm³/mol. The molecular formula is C10H14N6S. The van der Waals surface area contributed by atoms with E-state index in [0.717, 1.165) is 16.9 Å². The number of thioether (sulfide) groups is 1. The number of aromatic nitrogens is 5. The van der Waals surface area contributed by atoms with Crippen LogP contribution < -0.4 is 5.73 Å². The van der Waals surface area contributed by atoms with Gasteiger partial charge in [-0.2, -0.15) is 5.10 Å². The Morgan fingerprint density at radius 3 is 2.94 bits per heavy atom. The van der Waals surface area contributed by atoms with Gasteiger partial charge in [-0.1, -0.05) is 11.8 Å². The predicted octanol–water partition coefficient (Wildman–Crippen LogP) is 1.02. The normalized spacial score (nSPS) is 15.4. The number of rotatable bonds is 5. The van der Waals surface area contributed by atoms with Crippen LogP contribution in [0, 0.1) is 0 Å². The molecular weight excluding hydrogens is 236 g/mol. The Bertz CT molecular complexity index is 487. The molecule has 0 saturated heterocycles. The average molecular weight is 250 g/mol. The number of nitrogens with two attached hydrogens (primary N) is 1. The van der Waals surface area contributed by atoms with Gasteiger partial charge in [0.05, 0.1) is 12.4 Å². The van der Waals surface area contributed by atoms with Crippen molar-refractivity contribution in [1.29, 1.82) is 0 Å². The van der Waals surface area contributed by atoms with Gasteiger partial charge in [0.2, 0.25) is 0 Å². The quantitative estimate of drug-likeness (QED) is 0.802. The van der Waals surface area contributed by atoms with Gasteiger partial charge in [0.1, 0.15) is 5.82 Å². The van der Waals surface area contributed by atoms with Crippen LogP contribution >= 0.6 is 11.8 Å². The second kappa shape index (κ2) is 4.50. The van der Waals surface area contributed by atoms with Crippen molar-refractivity contribution < 1.29 is 0 Å². The SMILES string of the molecule is NCc1nnc(SCn2cccn2)n1C1CC1. The van der Waals surface area contributed by atoms with Gasteiger partial charge in [-0.05, 0) is 18.9 Å². The lowest BCUT2D eigenvalue weighted by Gasteiger charge is -2.07. The molecule has 1 aliphatic carbocycles. The second-order valence-corrected chi connectivity index (χ2v) is 4.94. The van der Waals surface area contributed by atoms with Crippen molar-refractivity contribution in [3.8, 4) is 0 Å². The molecule has 0 atom stereocenters. The first-order chi connectivity index (χ1) is 8.38. The van der Waals surface area contributed by atoms with Crippen molar-refractivity contribution in [1.82, 2.24) is 24.5 Å². The molecule has 3 rings (SSSR count). The molecule has 0 aromatic carbocycles. The molecule has 0 aliphatic heterocycles. The molecule has 0 spiro atoms. The lowest BCUT2D eigenvalue weighted by molar-refractivity contribution is 0.623. The molecule has 0 amide bonds. The van der Waals surface area contributed by atoms with Gasteiger partial charge < -0.3 is 10.3 Å². The zero-order chi connectivity index (χ0) is 11.7. The van der Waals surface area contributed by atoms with Crippen LogP contribution in [-0.4, -0.2) is 24.5 Å². The molecule has 6 nitrogen and oxygen atoms in total. The minimum absolute atomic E-state index is 0.450. The first-order valence-electron chi connectivity index (χ1n) is 5.62. The Balaban J connectivity index is 1.76. The molecule has 2 aromatic heterocycles. The van der Waals surface area contributed by atoms with E-state index >= 15 is 0 Å². The highest BCUT2D eigenvalue weighted by atomic mass is 32.2. The molecule has 1 saturated carbocycles. The standard InChI is InChI=1S/C10H14N6S/c11-6-9-13-14-10(16(9)8-2-3-8)17-7-15-5-1-4-12-15/h1,4-5,8H,2-3,6-7,11H2. The van der Waals surface area contributed by atoms with Gasteiger partial charge in [0, 0.05) is 18.4 Å². The fourth-order valence-corrected chi connectivity index (χ4v) is 2.64. The lowest BCUT2D eigenvalue weighted by Crippen LogP contribution is -2.08. The molecule has 2 N–H and O–H groups in total. The highest BCUT2D eigenvalue weighted by molar-refractivity contribution is 7.98. The van der Waals surface area contributed by atoms with E-state index in [-0.39, 0.29) is 0 Å². The smallest absolute Gasteiger partial charge is 0.193 e. The summed E-state index contributed by atoms with van der Waals surface area (Å²) < 4.78 is 4.05. The third-order valence-corrected chi connectivity index (χ3v) is 3.65. The van der Waals surface area contributed by atoms with Gasteiger partial charge >= 0.3 is 0 Å². The van der Waals surface area contributed by atoms with Gasteiger partial charge in [-0.15, -0.1) is 10.2 Å². The minimum atomic E-state index is 0.450. The zero-order valence-corrected chi connectivity index (χ0v) is 10.2. The monoisotopic (exact) mass is 250 g/mol. The molecule has 0 bridgehead atoms. The summed E-state index contributed by atoms with van der Waals surface area (Å²) in [6, 6.07) is 2.47. The van der Waals surface area contributed by atoms with Crippen LogP contribution in [0.5, 0.6) is 0 Å². The summed E-state index contributed by atoms with van der Waals surface area (Å²) in [5.41, 5.74) is 5.67. The summed E-state index contributed by atoms with van der Waals surface area (Å²) in [6.07, 6.45) is 6.13. The Hall–Kier alpha value is -1.34. The fraction of sp³-hybridized carbons (Fsp3) is 0.500. The summed E-state index contributed by atoms with van der Waals surface area (Å²) in [6.45, 7) is 0.450. The van der Waals surface area contributed by atoms with E-state index in [1.165, 1.54) is 12.8 Å². The number of hydrogen-bond acceptors (Lipinski definition) is 5. The van der Waals surface area contributed by atoms with E-state index < -0.39 is 0 Å². The Labute approximate surface area is 103 Å². The van der Waals surface area contributed by atoms with Crippen LogP contribution in [0.2, 0.25) is 0 Å². The summed E-state index contributed by atoms with van der Waals surface area (Å²) >= 11 is 1.64. The molecule has 0 unspecified atom stereocenters. The minimum Gasteiger partial charge on any atom is -0.324 e. The zero-order valence-electron chi connectivity index (χ0n) is 9.36. The van der Waals surface area contributed by atoms with Gasteiger partial charge in [-0.25, -0.2) is 0 Å². The largest absolute Gasteiger partial charge is 0.324 e. The van der Waals surface area contributed by atoms with E-state index in [9.17, 15) is 0 Å². The van der Waals surface area contributed by atoms with Crippen molar-refractivity contribution in [2.24, 2.45) is 5.73 Å². The lowest BCUT2D eigenvalue weighted by atomic mass is 10.5.